The third-order valence-electron chi connectivity index (χ3n) is 1.93. The van der Waals surface area contributed by atoms with Crippen LogP contribution in [0.1, 0.15) is 6.92 Å². The van der Waals surface area contributed by atoms with Gasteiger partial charge in [-0.3, -0.25) is 8.74 Å². The minimum Gasteiger partial charge on any atom is -0.384 e. The zero-order valence-corrected chi connectivity index (χ0v) is 12.5. The van der Waals surface area contributed by atoms with E-state index in [0.29, 0.717) is 0 Å². The molecule has 19 heavy (non-hydrogen) atoms. The molecule has 0 bridgehead atoms. The highest BCUT2D eigenvalue weighted by atomic mass is 32.3. The van der Waals surface area contributed by atoms with E-state index in [1.54, 1.807) is 6.92 Å². The van der Waals surface area contributed by atoms with Crippen molar-refractivity contribution in [2.75, 3.05) is 40.0 Å². The molecule has 0 rings (SSSR count). The zero-order valence-electron chi connectivity index (χ0n) is 10.9. The van der Waals surface area contributed by atoms with Gasteiger partial charge in [0.1, 0.15) is 0 Å². The molecule has 0 aliphatic carbocycles. The largest absolute Gasteiger partial charge is 0.399 e. The van der Waals surface area contributed by atoms with Crippen molar-refractivity contribution in [1.29, 1.82) is 0 Å². The molecule has 0 aromatic rings. The smallest absolute Gasteiger partial charge is 0.384 e. The van der Waals surface area contributed by atoms with Gasteiger partial charge in [-0.05, 0) is 0 Å². The Bertz CT molecular complexity index is 455. The van der Waals surface area contributed by atoms with E-state index in [4.69, 9.17) is 14.0 Å². The maximum atomic E-state index is 11.0. The molecule has 0 spiro atoms. The van der Waals surface area contributed by atoms with Crippen LogP contribution in [0.5, 0.6) is 0 Å². The van der Waals surface area contributed by atoms with Gasteiger partial charge in [0.05, 0.1) is 26.9 Å². The molecule has 0 saturated carbocycles. The second-order valence-electron chi connectivity index (χ2n) is 4.13. The molecule has 0 amide bonds. The van der Waals surface area contributed by atoms with E-state index in [1.807, 2.05) is 0 Å². The van der Waals surface area contributed by atoms with Crippen molar-refractivity contribution in [3.8, 4) is 0 Å². The molecule has 0 radical (unpaired) electrons. The SMILES string of the molecule is COCC(C)(COCS(=O)(=O)O)COS(=O)(=O)OC. The van der Waals surface area contributed by atoms with E-state index in [9.17, 15) is 16.8 Å². The standard InChI is InChI=1S/C8H18O9S2/c1-8(4-14-2,5-16-7-18(9,10)11)6-17-19(12,13)15-3/h4-7H2,1-3H3,(H,9,10,11). The van der Waals surface area contributed by atoms with Crippen molar-refractivity contribution in [2.24, 2.45) is 5.41 Å². The molecule has 0 fully saturated rings. The van der Waals surface area contributed by atoms with Crippen LogP contribution >= 0.6 is 0 Å². The summed E-state index contributed by atoms with van der Waals surface area (Å²) in [5, 5.41) is 0. The first-order valence-electron chi connectivity index (χ1n) is 5.00. The van der Waals surface area contributed by atoms with Crippen LogP contribution in [0.25, 0.3) is 0 Å². The molecule has 0 saturated heterocycles. The topological polar surface area (TPSA) is 125 Å². The maximum Gasteiger partial charge on any atom is 0.399 e. The van der Waals surface area contributed by atoms with Gasteiger partial charge in [-0.2, -0.15) is 16.8 Å². The van der Waals surface area contributed by atoms with Crippen LogP contribution in [0, 0.1) is 5.41 Å². The van der Waals surface area contributed by atoms with Gasteiger partial charge in [0.2, 0.25) is 0 Å². The Labute approximate surface area is 112 Å². The van der Waals surface area contributed by atoms with Crippen LogP contribution in [0.15, 0.2) is 0 Å². The van der Waals surface area contributed by atoms with Crippen molar-refractivity contribution in [3.05, 3.63) is 0 Å². The molecule has 1 unspecified atom stereocenters. The van der Waals surface area contributed by atoms with Crippen molar-refractivity contribution in [2.45, 2.75) is 6.92 Å². The first kappa shape index (κ1) is 18.7. The number of methoxy groups -OCH3 is 1. The Morgan fingerprint density at radius 3 is 2.05 bits per heavy atom. The van der Waals surface area contributed by atoms with Crippen molar-refractivity contribution in [3.63, 3.8) is 0 Å². The summed E-state index contributed by atoms with van der Waals surface area (Å²) in [6.45, 7) is 1.09. The average Bonchev–Trinajstić information content (AvgIpc) is 2.25. The van der Waals surface area contributed by atoms with Crippen LogP contribution in [0.3, 0.4) is 0 Å². The number of hydrogen-bond donors (Lipinski definition) is 1. The van der Waals surface area contributed by atoms with Crippen molar-refractivity contribution >= 4 is 20.5 Å². The molecule has 0 aliphatic heterocycles. The van der Waals surface area contributed by atoms with E-state index >= 15 is 0 Å². The fraction of sp³-hybridized carbons (Fsp3) is 1.00. The summed E-state index contributed by atoms with van der Waals surface area (Å²) in [6.07, 6.45) is 0. The molecule has 1 atom stereocenters. The summed E-state index contributed by atoms with van der Waals surface area (Å²) in [5.74, 6) is -0.899. The van der Waals surface area contributed by atoms with Gasteiger partial charge in [-0.15, -0.1) is 0 Å². The number of ether oxygens (including phenoxy) is 2. The predicted octanol–water partition coefficient (Wildman–Crippen LogP) is -0.591. The Morgan fingerprint density at radius 2 is 1.63 bits per heavy atom. The highest BCUT2D eigenvalue weighted by Crippen LogP contribution is 2.19. The van der Waals surface area contributed by atoms with E-state index in [2.05, 4.69) is 8.37 Å². The third kappa shape index (κ3) is 9.27. The zero-order chi connectivity index (χ0) is 15.2. The average molecular weight is 322 g/mol. The van der Waals surface area contributed by atoms with E-state index in [1.165, 1.54) is 7.11 Å². The Kier molecular flexibility index (Phi) is 7.36. The predicted molar refractivity (Wildman–Crippen MR) is 64.2 cm³/mol. The quantitative estimate of drug-likeness (QED) is 0.525. The summed E-state index contributed by atoms with van der Waals surface area (Å²) in [6, 6.07) is 0. The number of hydrogen-bond acceptors (Lipinski definition) is 8. The van der Waals surface area contributed by atoms with Gasteiger partial charge in [0.25, 0.3) is 10.1 Å². The maximum absolute atomic E-state index is 11.0. The Hall–Kier alpha value is -0.300. The summed E-state index contributed by atoms with van der Waals surface area (Å²) >= 11 is 0. The van der Waals surface area contributed by atoms with E-state index in [0.717, 1.165) is 7.11 Å². The van der Waals surface area contributed by atoms with E-state index in [-0.39, 0.29) is 19.8 Å². The molecule has 11 heteroatoms. The van der Waals surface area contributed by atoms with Gasteiger partial charge < -0.3 is 9.47 Å². The molecule has 0 heterocycles. The van der Waals surface area contributed by atoms with Crippen LogP contribution in [-0.4, -0.2) is 61.4 Å². The molecule has 0 aliphatic rings. The van der Waals surface area contributed by atoms with Crippen molar-refractivity contribution < 1.29 is 39.2 Å². The monoisotopic (exact) mass is 322 g/mol. The number of rotatable bonds is 10. The van der Waals surface area contributed by atoms with Gasteiger partial charge in [-0.1, -0.05) is 6.92 Å². The fourth-order valence-electron chi connectivity index (χ4n) is 1.13. The van der Waals surface area contributed by atoms with Gasteiger partial charge >= 0.3 is 10.4 Å². The second-order valence-corrected chi connectivity index (χ2v) is 6.91. The van der Waals surface area contributed by atoms with Gasteiger partial charge in [-0.25, -0.2) is 4.18 Å². The summed E-state index contributed by atoms with van der Waals surface area (Å²) in [7, 11) is -6.04. The van der Waals surface area contributed by atoms with Crippen LogP contribution in [-0.2, 0) is 38.4 Å². The van der Waals surface area contributed by atoms with Crippen LogP contribution in [0.2, 0.25) is 0 Å². The molecule has 1 N–H and O–H groups in total. The summed E-state index contributed by atoms with van der Waals surface area (Å²) in [5.41, 5.74) is -0.926. The molecule has 0 aromatic heterocycles. The van der Waals surface area contributed by atoms with Crippen LogP contribution in [0.4, 0.5) is 0 Å². The first-order chi connectivity index (χ1) is 8.54. The molecular formula is C8H18O9S2. The second kappa shape index (κ2) is 7.47. The summed E-state index contributed by atoms with van der Waals surface area (Å²) in [4.78, 5) is 0. The lowest BCUT2D eigenvalue weighted by Crippen LogP contribution is -2.35. The van der Waals surface area contributed by atoms with Gasteiger partial charge in [0.15, 0.2) is 5.94 Å². The molecular weight excluding hydrogens is 304 g/mol. The summed E-state index contributed by atoms with van der Waals surface area (Å²) < 4.78 is 69.9. The lowest BCUT2D eigenvalue weighted by Gasteiger charge is -2.27. The Balaban J connectivity index is 4.49. The molecule has 9 nitrogen and oxygen atoms in total. The van der Waals surface area contributed by atoms with Crippen LogP contribution < -0.4 is 0 Å². The lowest BCUT2D eigenvalue weighted by atomic mass is 9.94. The normalized spacial score (nSPS) is 16.2. The Morgan fingerprint density at radius 1 is 1.05 bits per heavy atom. The minimum atomic E-state index is -4.26. The minimum absolute atomic E-state index is 0.0533. The van der Waals surface area contributed by atoms with Gasteiger partial charge in [0, 0.05) is 12.5 Å². The first-order valence-corrected chi connectivity index (χ1v) is 7.95. The molecule has 116 valence electrons. The third-order valence-corrected chi connectivity index (χ3v) is 3.21. The van der Waals surface area contributed by atoms with E-state index < -0.39 is 31.9 Å². The highest BCUT2D eigenvalue weighted by molar-refractivity contribution is 7.85. The highest BCUT2D eigenvalue weighted by Gasteiger charge is 2.29. The lowest BCUT2D eigenvalue weighted by molar-refractivity contribution is -0.0139. The molecule has 0 aromatic carbocycles. The fourth-order valence-corrected chi connectivity index (χ4v) is 1.95. The van der Waals surface area contributed by atoms with Crippen molar-refractivity contribution in [1.82, 2.24) is 0 Å².